The summed E-state index contributed by atoms with van der Waals surface area (Å²) in [5.41, 5.74) is 0.819. The molecule has 0 aliphatic rings. The van der Waals surface area contributed by atoms with Crippen molar-refractivity contribution in [3.05, 3.63) is 30.2 Å². The van der Waals surface area contributed by atoms with Gasteiger partial charge in [-0.1, -0.05) is 19.9 Å². The van der Waals surface area contributed by atoms with Crippen LogP contribution in [0.15, 0.2) is 24.4 Å². The zero-order valence-corrected chi connectivity index (χ0v) is 9.18. The first kappa shape index (κ1) is 9.83. The van der Waals surface area contributed by atoms with E-state index in [0.29, 0.717) is 11.7 Å². The van der Waals surface area contributed by atoms with E-state index in [1.165, 1.54) is 0 Å². The molecule has 4 nitrogen and oxygen atoms in total. The van der Waals surface area contributed by atoms with Gasteiger partial charge >= 0.3 is 0 Å². The molecule has 2 rings (SSSR count). The monoisotopic (exact) mass is 202 g/mol. The van der Waals surface area contributed by atoms with Gasteiger partial charge in [0.05, 0.1) is 0 Å². The Labute approximate surface area is 89.0 Å². The Balaban J connectivity index is 2.43. The Morgan fingerprint density at radius 3 is 2.60 bits per heavy atom. The summed E-state index contributed by atoms with van der Waals surface area (Å²) in [6.45, 7) is 4.21. The van der Waals surface area contributed by atoms with Crippen molar-refractivity contribution < 1.29 is 0 Å². The zero-order valence-electron chi connectivity index (χ0n) is 9.18. The maximum atomic E-state index is 4.47. The molecule has 2 aromatic rings. The average molecular weight is 202 g/mol. The van der Waals surface area contributed by atoms with Crippen molar-refractivity contribution in [3.63, 3.8) is 0 Å². The van der Waals surface area contributed by atoms with Gasteiger partial charge < -0.3 is 0 Å². The minimum absolute atomic E-state index is 0.375. The molecule has 0 bridgehead atoms. The lowest BCUT2D eigenvalue weighted by atomic mass is 10.2. The van der Waals surface area contributed by atoms with Gasteiger partial charge in [0, 0.05) is 19.2 Å². The van der Waals surface area contributed by atoms with Gasteiger partial charge in [0.25, 0.3) is 0 Å². The fourth-order valence-corrected chi connectivity index (χ4v) is 1.50. The van der Waals surface area contributed by atoms with Crippen molar-refractivity contribution >= 4 is 0 Å². The van der Waals surface area contributed by atoms with Crippen molar-refractivity contribution in [2.75, 3.05) is 0 Å². The van der Waals surface area contributed by atoms with Crippen LogP contribution in [0.5, 0.6) is 0 Å². The lowest BCUT2D eigenvalue weighted by molar-refractivity contribution is 0.655. The number of hydrogen-bond acceptors (Lipinski definition) is 3. The Kier molecular flexibility index (Phi) is 2.49. The number of aryl methyl sites for hydroxylation is 1. The molecule has 0 aromatic carbocycles. The second kappa shape index (κ2) is 3.81. The summed E-state index contributed by atoms with van der Waals surface area (Å²) in [7, 11) is 1.91. The van der Waals surface area contributed by atoms with Crippen molar-refractivity contribution in [1.82, 2.24) is 19.7 Å². The molecule has 0 saturated heterocycles. The summed E-state index contributed by atoms with van der Waals surface area (Å²) in [5.74, 6) is 2.05. The number of nitrogens with zero attached hydrogens (tertiary/aromatic N) is 4. The first-order chi connectivity index (χ1) is 7.18. The molecule has 0 N–H and O–H groups in total. The third kappa shape index (κ3) is 1.88. The van der Waals surface area contributed by atoms with Crippen LogP contribution in [-0.2, 0) is 7.05 Å². The molecule has 0 radical (unpaired) electrons. The van der Waals surface area contributed by atoms with Crippen LogP contribution in [0.25, 0.3) is 11.5 Å². The highest BCUT2D eigenvalue weighted by atomic mass is 15.3. The van der Waals surface area contributed by atoms with E-state index >= 15 is 0 Å². The van der Waals surface area contributed by atoms with Crippen LogP contribution in [-0.4, -0.2) is 19.7 Å². The molecule has 78 valence electrons. The zero-order chi connectivity index (χ0) is 10.8. The molecule has 0 aliphatic heterocycles. The van der Waals surface area contributed by atoms with Crippen LogP contribution < -0.4 is 0 Å². The minimum atomic E-state index is 0.375. The number of aromatic nitrogens is 4. The van der Waals surface area contributed by atoms with E-state index in [1.54, 1.807) is 6.20 Å². The van der Waals surface area contributed by atoms with Crippen LogP contribution in [0.1, 0.15) is 25.6 Å². The summed E-state index contributed by atoms with van der Waals surface area (Å²) < 4.78 is 1.81. The average Bonchev–Trinajstić information content (AvgIpc) is 2.62. The Morgan fingerprint density at radius 1 is 1.27 bits per heavy atom. The van der Waals surface area contributed by atoms with Crippen molar-refractivity contribution in [2.45, 2.75) is 19.8 Å². The summed E-state index contributed by atoms with van der Waals surface area (Å²) in [5, 5.41) is 4.35. The molecular formula is C11H14N4. The van der Waals surface area contributed by atoms with Crippen LogP contribution in [0.2, 0.25) is 0 Å². The predicted molar refractivity (Wildman–Crippen MR) is 58.3 cm³/mol. The molecular weight excluding hydrogens is 188 g/mol. The highest BCUT2D eigenvalue weighted by Crippen LogP contribution is 2.16. The molecule has 0 aliphatic carbocycles. The number of pyridine rings is 1. The largest absolute Gasteiger partial charge is 0.253 e. The molecule has 0 unspecified atom stereocenters. The lowest BCUT2D eigenvalue weighted by Gasteiger charge is -2.00. The Bertz CT molecular complexity index is 445. The molecule has 2 aromatic heterocycles. The van der Waals surface area contributed by atoms with E-state index in [9.17, 15) is 0 Å². The topological polar surface area (TPSA) is 43.6 Å². The second-order valence-electron chi connectivity index (χ2n) is 3.79. The molecule has 0 spiro atoms. The number of rotatable bonds is 2. The first-order valence-corrected chi connectivity index (χ1v) is 5.01. The first-order valence-electron chi connectivity index (χ1n) is 5.01. The van der Waals surface area contributed by atoms with Gasteiger partial charge in [0.2, 0.25) is 0 Å². The Hall–Kier alpha value is -1.71. The summed E-state index contributed by atoms with van der Waals surface area (Å²) in [6.07, 6.45) is 1.75. The summed E-state index contributed by atoms with van der Waals surface area (Å²) in [6, 6.07) is 5.74. The van der Waals surface area contributed by atoms with Gasteiger partial charge in [0.1, 0.15) is 11.5 Å². The maximum Gasteiger partial charge on any atom is 0.200 e. The molecule has 2 heterocycles. The standard InChI is InChI=1S/C11H14N4/c1-8(2)11-13-10(14-15(11)3)9-6-4-5-7-12-9/h4-8H,1-3H3. The predicted octanol–water partition coefficient (Wildman–Crippen LogP) is 2.00. The van der Waals surface area contributed by atoms with Gasteiger partial charge in [-0.2, -0.15) is 0 Å². The third-order valence-electron chi connectivity index (χ3n) is 2.21. The van der Waals surface area contributed by atoms with E-state index in [0.717, 1.165) is 11.5 Å². The minimum Gasteiger partial charge on any atom is -0.253 e. The quantitative estimate of drug-likeness (QED) is 0.748. The fourth-order valence-electron chi connectivity index (χ4n) is 1.50. The van der Waals surface area contributed by atoms with E-state index < -0.39 is 0 Å². The third-order valence-corrected chi connectivity index (χ3v) is 2.21. The van der Waals surface area contributed by atoms with Gasteiger partial charge in [0.15, 0.2) is 5.82 Å². The van der Waals surface area contributed by atoms with E-state index in [1.807, 2.05) is 29.9 Å². The number of hydrogen-bond donors (Lipinski definition) is 0. The van der Waals surface area contributed by atoms with Gasteiger partial charge in [-0.15, -0.1) is 5.10 Å². The SMILES string of the molecule is CC(C)c1nc(-c2ccccn2)nn1C. The molecule has 0 amide bonds. The molecule has 15 heavy (non-hydrogen) atoms. The molecule has 4 heteroatoms. The van der Waals surface area contributed by atoms with Crippen LogP contribution in [0, 0.1) is 0 Å². The lowest BCUT2D eigenvalue weighted by Crippen LogP contribution is -2.00. The highest BCUT2D eigenvalue weighted by molar-refractivity contribution is 5.47. The van der Waals surface area contributed by atoms with Crippen LogP contribution in [0.3, 0.4) is 0 Å². The van der Waals surface area contributed by atoms with E-state index in [2.05, 4.69) is 28.9 Å². The van der Waals surface area contributed by atoms with Crippen molar-refractivity contribution in [2.24, 2.45) is 7.05 Å². The normalized spacial score (nSPS) is 10.9. The van der Waals surface area contributed by atoms with E-state index in [-0.39, 0.29) is 0 Å². The smallest absolute Gasteiger partial charge is 0.200 e. The summed E-state index contributed by atoms with van der Waals surface area (Å²) >= 11 is 0. The van der Waals surface area contributed by atoms with Crippen molar-refractivity contribution in [3.8, 4) is 11.5 Å². The van der Waals surface area contributed by atoms with Crippen molar-refractivity contribution in [1.29, 1.82) is 0 Å². The Morgan fingerprint density at radius 2 is 2.07 bits per heavy atom. The second-order valence-corrected chi connectivity index (χ2v) is 3.79. The highest BCUT2D eigenvalue weighted by Gasteiger charge is 2.11. The fraction of sp³-hybridized carbons (Fsp3) is 0.364. The maximum absolute atomic E-state index is 4.47. The molecule has 0 saturated carbocycles. The van der Waals surface area contributed by atoms with E-state index in [4.69, 9.17) is 0 Å². The van der Waals surface area contributed by atoms with Gasteiger partial charge in [-0.25, -0.2) is 4.98 Å². The van der Waals surface area contributed by atoms with Gasteiger partial charge in [-0.05, 0) is 12.1 Å². The van der Waals surface area contributed by atoms with Gasteiger partial charge in [-0.3, -0.25) is 9.67 Å². The summed E-state index contributed by atoms with van der Waals surface area (Å²) in [4.78, 5) is 8.69. The molecule has 0 atom stereocenters. The van der Waals surface area contributed by atoms with Crippen LogP contribution >= 0.6 is 0 Å². The molecule has 0 fully saturated rings. The van der Waals surface area contributed by atoms with Crippen LogP contribution in [0.4, 0.5) is 0 Å².